The van der Waals surface area contributed by atoms with Crippen LogP contribution < -0.4 is 0 Å². The minimum Gasteiger partial charge on any atom is -0.118 e. The van der Waals surface area contributed by atoms with E-state index < -0.39 is 0 Å². The number of fused-ring (bicyclic) bond motifs is 2. The van der Waals surface area contributed by atoms with Gasteiger partial charge in [0.1, 0.15) is 0 Å². The first kappa shape index (κ1) is 12.7. The van der Waals surface area contributed by atoms with Crippen molar-refractivity contribution in [1.82, 2.24) is 0 Å². The Hall–Kier alpha value is -1.01. The number of aryl methyl sites for hydroxylation is 3. The van der Waals surface area contributed by atoms with Gasteiger partial charge in [0, 0.05) is 0 Å². The van der Waals surface area contributed by atoms with E-state index >= 15 is 0 Å². The topological polar surface area (TPSA) is 0 Å². The van der Waals surface area contributed by atoms with Crippen LogP contribution in [-0.4, -0.2) is 0 Å². The second-order valence-corrected chi connectivity index (χ2v) is 7.81. The number of hydrogen-bond donors (Lipinski definition) is 0. The Morgan fingerprint density at radius 2 is 1.90 bits per heavy atom. The number of benzene rings is 2. The van der Waals surface area contributed by atoms with Crippen molar-refractivity contribution in [1.29, 1.82) is 0 Å². The molecule has 0 heterocycles. The van der Waals surface area contributed by atoms with E-state index in [1.165, 1.54) is 58.7 Å². The minimum absolute atomic E-state index is 0.174. The van der Waals surface area contributed by atoms with Crippen LogP contribution >= 0.6 is 11.6 Å². The zero-order valence-corrected chi connectivity index (χ0v) is 13.1. The summed E-state index contributed by atoms with van der Waals surface area (Å²) in [6.45, 7) is 4.71. The molecule has 0 saturated heterocycles. The molecular weight excluding hydrogens is 264 g/mol. The molecule has 2 aromatic carbocycles. The van der Waals surface area contributed by atoms with Crippen molar-refractivity contribution in [2.24, 2.45) is 5.41 Å². The summed E-state index contributed by atoms with van der Waals surface area (Å²) in [5.41, 5.74) is 6.35. The van der Waals surface area contributed by atoms with E-state index in [0.29, 0.717) is 5.41 Å². The Morgan fingerprint density at radius 3 is 2.75 bits per heavy atom. The van der Waals surface area contributed by atoms with Crippen LogP contribution in [0, 0.1) is 5.41 Å². The lowest BCUT2D eigenvalue weighted by molar-refractivity contribution is 0.313. The highest BCUT2D eigenvalue weighted by Crippen LogP contribution is 2.46. The maximum Gasteiger partial charge on any atom is 0.0593 e. The van der Waals surface area contributed by atoms with Crippen LogP contribution in [0.5, 0.6) is 0 Å². The third-order valence-electron chi connectivity index (χ3n) is 5.26. The van der Waals surface area contributed by atoms with Gasteiger partial charge >= 0.3 is 0 Å². The van der Waals surface area contributed by atoms with Gasteiger partial charge in [0.05, 0.1) is 5.38 Å². The minimum atomic E-state index is 0.174. The summed E-state index contributed by atoms with van der Waals surface area (Å²) in [5, 5.41) is 3.19. The van der Waals surface area contributed by atoms with Gasteiger partial charge in [0.25, 0.3) is 0 Å². The van der Waals surface area contributed by atoms with Crippen molar-refractivity contribution in [3.8, 4) is 0 Å². The molecule has 0 aromatic heterocycles. The molecule has 2 aliphatic carbocycles. The summed E-state index contributed by atoms with van der Waals surface area (Å²) in [4.78, 5) is 0. The molecule has 2 aromatic rings. The van der Waals surface area contributed by atoms with Gasteiger partial charge in [-0.05, 0) is 70.5 Å². The predicted molar refractivity (Wildman–Crippen MR) is 86.7 cm³/mol. The lowest BCUT2D eigenvalue weighted by Crippen LogP contribution is -2.11. The van der Waals surface area contributed by atoms with E-state index in [9.17, 15) is 0 Å². The summed E-state index contributed by atoms with van der Waals surface area (Å²) in [6.07, 6.45) is 5.89. The molecule has 0 radical (unpaired) electrons. The highest BCUT2D eigenvalue weighted by Gasteiger charge is 2.30. The summed E-state index contributed by atoms with van der Waals surface area (Å²) < 4.78 is 0. The lowest BCUT2D eigenvalue weighted by Gasteiger charge is -2.23. The van der Waals surface area contributed by atoms with Gasteiger partial charge in [0.15, 0.2) is 0 Å². The zero-order chi connectivity index (χ0) is 13.9. The third kappa shape index (κ3) is 1.81. The first-order valence-electron chi connectivity index (χ1n) is 7.75. The average Bonchev–Trinajstić information content (AvgIpc) is 2.76. The SMILES string of the molecule is CC1(C)CCc2c(cc3c4c(cccc24)CC3)C(Cl)C1. The highest BCUT2D eigenvalue weighted by molar-refractivity contribution is 6.21. The van der Waals surface area contributed by atoms with Crippen molar-refractivity contribution in [2.45, 2.75) is 51.3 Å². The maximum absolute atomic E-state index is 6.78. The summed E-state index contributed by atoms with van der Waals surface area (Å²) in [6, 6.07) is 9.26. The van der Waals surface area contributed by atoms with Crippen LogP contribution in [0.25, 0.3) is 10.8 Å². The fraction of sp³-hybridized carbons (Fsp3) is 0.474. The van der Waals surface area contributed by atoms with E-state index in [0.717, 1.165) is 6.42 Å². The molecule has 2 aliphatic rings. The second-order valence-electron chi connectivity index (χ2n) is 7.28. The van der Waals surface area contributed by atoms with Crippen LogP contribution in [-0.2, 0) is 19.3 Å². The van der Waals surface area contributed by atoms with Crippen molar-refractivity contribution in [3.05, 3.63) is 46.5 Å². The largest absolute Gasteiger partial charge is 0.118 e. The molecule has 0 fully saturated rings. The quantitative estimate of drug-likeness (QED) is 0.437. The van der Waals surface area contributed by atoms with Crippen LogP contribution in [0.4, 0.5) is 0 Å². The Balaban J connectivity index is 2.00. The standard InChI is InChI=1S/C19H21Cl/c1-19(2)9-8-14-15-5-3-4-12-6-7-13(18(12)15)10-16(14)17(20)11-19/h3-5,10,17H,6-9,11H2,1-2H3. The molecule has 1 heteroatoms. The zero-order valence-electron chi connectivity index (χ0n) is 12.3. The van der Waals surface area contributed by atoms with E-state index in [1.807, 2.05) is 0 Å². The van der Waals surface area contributed by atoms with Gasteiger partial charge in [0.2, 0.25) is 0 Å². The maximum atomic E-state index is 6.78. The molecule has 0 nitrogen and oxygen atoms in total. The van der Waals surface area contributed by atoms with Gasteiger partial charge < -0.3 is 0 Å². The highest BCUT2D eigenvalue weighted by atomic mass is 35.5. The molecule has 0 aliphatic heterocycles. The molecule has 0 saturated carbocycles. The monoisotopic (exact) mass is 284 g/mol. The number of alkyl halides is 1. The lowest BCUT2D eigenvalue weighted by atomic mass is 9.84. The fourth-order valence-corrected chi connectivity index (χ4v) is 4.74. The first-order valence-corrected chi connectivity index (χ1v) is 8.19. The molecule has 1 atom stereocenters. The number of rotatable bonds is 0. The molecule has 20 heavy (non-hydrogen) atoms. The van der Waals surface area contributed by atoms with E-state index in [4.69, 9.17) is 11.6 Å². The molecule has 0 bridgehead atoms. The van der Waals surface area contributed by atoms with Gasteiger partial charge in [-0.2, -0.15) is 0 Å². The summed E-state index contributed by atoms with van der Waals surface area (Å²) in [7, 11) is 0. The molecular formula is C19H21Cl. The van der Waals surface area contributed by atoms with Gasteiger partial charge in [-0.25, -0.2) is 0 Å². The summed E-state index contributed by atoms with van der Waals surface area (Å²) >= 11 is 6.78. The first-order chi connectivity index (χ1) is 9.55. The van der Waals surface area contributed by atoms with Gasteiger partial charge in [-0.1, -0.05) is 38.1 Å². The van der Waals surface area contributed by atoms with Crippen molar-refractivity contribution in [2.75, 3.05) is 0 Å². The van der Waals surface area contributed by atoms with Crippen LogP contribution in [0.15, 0.2) is 24.3 Å². The summed E-state index contributed by atoms with van der Waals surface area (Å²) in [5.74, 6) is 0. The second kappa shape index (κ2) is 4.24. The van der Waals surface area contributed by atoms with Crippen molar-refractivity contribution >= 4 is 22.4 Å². The molecule has 104 valence electrons. The molecule has 0 N–H and O–H groups in total. The Labute approximate surface area is 126 Å². The van der Waals surface area contributed by atoms with Crippen molar-refractivity contribution in [3.63, 3.8) is 0 Å². The average molecular weight is 285 g/mol. The Morgan fingerprint density at radius 1 is 1.10 bits per heavy atom. The number of halogens is 1. The third-order valence-corrected chi connectivity index (χ3v) is 5.65. The predicted octanol–water partition coefficient (Wildman–Crippen LogP) is 5.58. The Bertz CT molecular complexity index is 696. The van der Waals surface area contributed by atoms with Crippen LogP contribution in [0.2, 0.25) is 0 Å². The van der Waals surface area contributed by atoms with Crippen molar-refractivity contribution < 1.29 is 0 Å². The van der Waals surface area contributed by atoms with Crippen LogP contribution in [0.3, 0.4) is 0 Å². The normalized spacial score (nSPS) is 23.6. The van der Waals surface area contributed by atoms with E-state index in [-0.39, 0.29) is 5.38 Å². The van der Waals surface area contributed by atoms with Crippen LogP contribution in [0.1, 0.15) is 54.3 Å². The van der Waals surface area contributed by atoms with E-state index in [1.54, 1.807) is 0 Å². The van der Waals surface area contributed by atoms with Gasteiger partial charge in [-0.3, -0.25) is 0 Å². The fourth-order valence-electron chi connectivity index (χ4n) is 4.13. The smallest absolute Gasteiger partial charge is 0.0593 e. The Kier molecular flexibility index (Phi) is 2.70. The van der Waals surface area contributed by atoms with Gasteiger partial charge in [-0.15, -0.1) is 11.6 Å². The molecule has 0 spiro atoms. The molecule has 4 rings (SSSR count). The van der Waals surface area contributed by atoms with E-state index in [2.05, 4.69) is 38.1 Å². The number of hydrogen-bond acceptors (Lipinski definition) is 0. The molecule has 0 amide bonds. The molecule has 1 unspecified atom stereocenters.